The van der Waals surface area contributed by atoms with E-state index in [1.807, 2.05) is 12.1 Å². The summed E-state index contributed by atoms with van der Waals surface area (Å²) in [4.78, 5) is 0. The number of fused-ring (bicyclic) bond motifs is 4. The third-order valence-electron chi connectivity index (χ3n) is 10.1. The van der Waals surface area contributed by atoms with Crippen LogP contribution in [0.5, 0.6) is 5.75 Å². The number of phenols is 1. The minimum atomic E-state index is -0.897. The molecule has 6 atom stereocenters. The van der Waals surface area contributed by atoms with Crippen molar-refractivity contribution in [1.29, 1.82) is 0 Å². The van der Waals surface area contributed by atoms with Crippen molar-refractivity contribution in [2.75, 3.05) is 13.2 Å². The van der Waals surface area contributed by atoms with Gasteiger partial charge in [0.15, 0.2) is 5.79 Å². The topological polar surface area (TPSA) is 79.2 Å². The van der Waals surface area contributed by atoms with Crippen LogP contribution in [0.4, 0.5) is 0 Å². The van der Waals surface area contributed by atoms with E-state index >= 15 is 0 Å². The monoisotopic (exact) mass is 468 g/mol. The normalized spacial score (nSPS) is 42.7. The summed E-state index contributed by atoms with van der Waals surface area (Å²) in [6.45, 7) is 7.92. The Bertz CT molecular complexity index is 986. The summed E-state index contributed by atoms with van der Waals surface area (Å²) < 4.78 is 12.7. The van der Waals surface area contributed by atoms with Gasteiger partial charge in [0.05, 0.1) is 24.9 Å². The molecule has 34 heavy (non-hydrogen) atoms. The van der Waals surface area contributed by atoms with Crippen molar-refractivity contribution in [3.8, 4) is 5.75 Å². The standard InChI is InChI=1S/C29H40O5/c1-26(2)16-33-29(34-17-26)13-11-23-25-20(10-12-28(23,32)15-29)22-8-9-24(31)27(22,3)14-21(25)18-4-6-19(30)7-5-18/h4-7,20-22,24,30-32H,8-17H2,1-3H3/t20?,21-,22?,24?,27+,28?/m1/s1. The molecule has 4 fully saturated rings. The number of rotatable bonds is 1. The fourth-order valence-electron chi connectivity index (χ4n) is 8.23. The highest BCUT2D eigenvalue weighted by molar-refractivity contribution is 5.44. The van der Waals surface area contributed by atoms with E-state index in [1.165, 1.54) is 16.7 Å². The molecule has 1 spiro atoms. The van der Waals surface area contributed by atoms with Crippen molar-refractivity contribution in [3.05, 3.63) is 41.0 Å². The van der Waals surface area contributed by atoms with E-state index in [0.717, 1.165) is 44.9 Å². The second-order valence-corrected chi connectivity index (χ2v) is 13.0. The second kappa shape index (κ2) is 7.55. The van der Waals surface area contributed by atoms with Gasteiger partial charge in [0.1, 0.15) is 5.75 Å². The fourth-order valence-corrected chi connectivity index (χ4v) is 8.23. The van der Waals surface area contributed by atoms with Crippen LogP contribution < -0.4 is 0 Å². The van der Waals surface area contributed by atoms with E-state index in [-0.39, 0.29) is 28.6 Å². The molecule has 5 aliphatic rings. The molecular formula is C29H40O5. The van der Waals surface area contributed by atoms with Crippen LogP contribution in [0.1, 0.15) is 83.6 Å². The van der Waals surface area contributed by atoms with Crippen molar-refractivity contribution in [2.24, 2.45) is 22.7 Å². The fraction of sp³-hybridized carbons (Fsp3) is 0.724. The molecule has 3 N–H and O–H groups in total. The minimum Gasteiger partial charge on any atom is -0.508 e. The van der Waals surface area contributed by atoms with Crippen molar-refractivity contribution in [1.82, 2.24) is 0 Å². The highest BCUT2D eigenvalue weighted by Gasteiger charge is 2.60. The number of ether oxygens (including phenoxy) is 2. The van der Waals surface area contributed by atoms with E-state index in [4.69, 9.17) is 9.47 Å². The van der Waals surface area contributed by atoms with Crippen LogP contribution in [-0.4, -0.2) is 46.0 Å². The molecule has 5 heteroatoms. The number of allylic oxidation sites excluding steroid dienone is 1. The summed E-state index contributed by atoms with van der Waals surface area (Å²) in [7, 11) is 0. The molecule has 1 saturated heterocycles. The predicted molar refractivity (Wildman–Crippen MR) is 129 cm³/mol. The first kappa shape index (κ1) is 23.0. The van der Waals surface area contributed by atoms with Crippen LogP contribution >= 0.6 is 0 Å². The lowest BCUT2D eigenvalue weighted by molar-refractivity contribution is -0.322. The molecule has 3 saturated carbocycles. The molecular weight excluding hydrogens is 428 g/mol. The van der Waals surface area contributed by atoms with E-state index < -0.39 is 11.4 Å². The largest absolute Gasteiger partial charge is 0.508 e. The third kappa shape index (κ3) is 3.42. The van der Waals surface area contributed by atoms with Gasteiger partial charge in [-0.05, 0) is 79.0 Å². The number of hydrogen-bond donors (Lipinski definition) is 3. The molecule has 186 valence electrons. The number of aliphatic hydroxyl groups is 2. The first-order chi connectivity index (χ1) is 16.0. The van der Waals surface area contributed by atoms with Crippen molar-refractivity contribution < 1.29 is 24.8 Å². The molecule has 4 unspecified atom stereocenters. The smallest absolute Gasteiger partial charge is 0.171 e. The van der Waals surface area contributed by atoms with Crippen LogP contribution in [0, 0.1) is 22.7 Å². The number of phenolic OH excluding ortho intramolecular Hbond substituents is 1. The van der Waals surface area contributed by atoms with E-state index in [9.17, 15) is 15.3 Å². The van der Waals surface area contributed by atoms with Gasteiger partial charge in [0.25, 0.3) is 0 Å². The lowest BCUT2D eigenvalue weighted by Crippen LogP contribution is -2.57. The van der Waals surface area contributed by atoms with Gasteiger partial charge in [-0.3, -0.25) is 0 Å². The zero-order valence-corrected chi connectivity index (χ0v) is 20.8. The molecule has 5 nitrogen and oxygen atoms in total. The van der Waals surface area contributed by atoms with E-state index in [1.54, 1.807) is 12.1 Å². The van der Waals surface area contributed by atoms with E-state index in [0.29, 0.717) is 31.5 Å². The maximum atomic E-state index is 12.1. The van der Waals surface area contributed by atoms with Crippen LogP contribution in [0.25, 0.3) is 0 Å². The van der Waals surface area contributed by atoms with Gasteiger partial charge in [0, 0.05) is 24.2 Å². The Labute approximate surface area is 203 Å². The van der Waals surface area contributed by atoms with Crippen molar-refractivity contribution in [2.45, 2.75) is 95.5 Å². The quantitative estimate of drug-likeness (QED) is 0.503. The van der Waals surface area contributed by atoms with Crippen LogP contribution in [0.2, 0.25) is 0 Å². The van der Waals surface area contributed by atoms with Crippen LogP contribution in [0.15, 0.2) is 35.4 Å². The van der Waals surface area contributed by atoms with Gasteiger partial charge in [0.2, 0.25) is 0 Å². The minimum absolute atomic E-state index is 0.00533. The average molecular weight is 469 g/mol. The molecule has 1 aromatic rings. The second-order valence-electron chi connectivity index (χ2n) is 13.0. The maximum Gasteiger partial charge on any atom is 0.171 e. The Balaban J connectivity index is 1.42. The molecule has 0 aromatic heterocycles. The summed E-state index contributed by atoms with van der Waals surface area (Å²) in [5.74, 6) is 0.602. The molecule has 0 bridgehead atoms. The Morgan fingerprint density at radius 1 is 0.941 bits per heavy atom. The Kier molecular flexibility index (Phi) is 5.11. The SMILES string of the molecule is CC1(C)COC2(CCC3=C4C(CCC3(O)C2)C2CCC(O)[C@@]2(C)C[C@@H]4c2ccc(O)cc2)OC1. The zero-order chi connectivity index (χ0) is 23.9. The number of hydrogen-bond acceptors (Lipinski definition) is 5. The number of benzene rings is 1. The van der Waals surface area contributed by atoms with Crippen LogP contribution in [-0.2, 0) is 9.47 Å². The molecule has 6 rings (SSSR count). The number of aliphatic hydroxyl groups excluding tert-OH is 1. The average Bonchev–Trinajstić information content (AvgIpc) is 3.10. The summed E-state index contributed by atoms with van der Waals surface area (Å²) in [6, 6.07) is 7.60. The van der Waals surface area contributed by atoms with Gasteiger partial charge in [-0.2, -0.15) is 0 Å². The highest BCUT2D eigenvalue weighted by Crippen LogP contribution is 2.65. The van der Waals surface area contributed by atoms with Gasteiger partial charge >= 0.3 is 0 Å². The Hall–Kier alpha value is -1.40. The molecule has 4 aliphatic carbocycles. The molecule has 1 aliphatic heterocycles. The predicted octanol–water partition coefficient (Wildman–Crippen LogP) is 5.05. The summed E-state index contributed by atoms with van der Waals surface area (Å²) in [5.41, 5.74) is 2.82. The van der Waals surface area contributed by atoms with Crippen molar-refractivity contribution >= 4 is 0 Å². The lowest BCUT2D eigenvalue weighted by atomic mass is 9.51. The van der Waals surface area contributed by atoms with Gasteiger partial charge in [-0.25, -0.2) is 0 Å². The third-order valence-corrected chi connectivity index (χ3v) is 10.1. The maximum absolute atomic E-state index is 12.1. The lowest BCUT2D eigenvalue weighted by Gasteiger charge is -2.57. The zero-order valence-electron chi connectivity index (χ0n) is 20.8. The van der Waals surface area contributed by atoms with Crippen molar-refractivity contribution in [3.63, 3.8) is 0 Å². The molecule has 1 heterocycles. The molecule has 0 amide bonds. The van der Waals surface area contributed by atoms with E-state index in [2.05, 4.69) is 20.8 Å². The van der Waals surface area contributed by atoms with Gasteiger partial charge in [-0.1, -0.05) is 38.5 Å². The first-order valence-electron chi connectivity index (χ1n) is 13.3. The Morgan fingerprint density at radius 2 is 1.65 bits per heavy atom. The van der Waals surface area contributed by atoms with Crippen LogP contribution in [0.3, 0.4) is 0 Å². The molecule has 1 aromatic carbocycles. The number of aromatic hydroxyl groups is 1. The summed E-state index contributed by atoms with van der Waals surface area (Å²) in [5, 5.41) is 33.1. The summed E-state index contributed by atoms with van der Waals surface area (Å²) in [6.07, 6.45) is 6.31. The molecule has 0 radical (unpaired) electrons. The first-order valence-corrected chi connectivity index (χ1v) is 13.3. The van der Waals surface area contributed by atoms with Gasteiger partial charge < -0.3 is 24.8 Å². The summed E-state index contributed by atoms with van der Waals surface area (Å²) >= 11 is 0. The van der Waals surface area contributed by atoms with Gasteiger partial charge in [-0.15, -0.1) is 0 Å². The Morgan fingerprint density at radius 3 is 2.35 bits per heavy atom. The highest BCUT2D eigenvalue weighted by atomic mass is 16.7.